The zero-order valence-corrected chi connectivity index (χ0v) is 13.0. The molecule has 0 unspecified atom stereocenters. The van der Waals surface area contributed by atoms with Crippen LogP contribution < -0.4 is 10.1 Å². The molecule has 5 nitrogen and oxygen atoms in total. The van der Waals surface area contributed by atoms with Gasteiger partial charge in [-0.15, -0.1) is 0 Å². The monoisotopic (exact) mass is 331 g/mol. The summed E-state index contributed by atoms with van der Waals surface area (Å²) in [6.07, 6.45) is 1.36. The molecule has 0 aliphatic rings. The molecule has 0 radical (unpaired) electrons. The average Bonchev–Trinajstić information content (AvgIpc) is 2.55. The lowest BCUT2D eigenvalue weighted by molar-refractivity contribution is -0.132. The summed E-state index contributed by atoms with van der Waals surface area (Å²) in [5.74, 6) is -1.18. The smallest absolute Gasteiger partial charge is 0.352 e. The van der Waals surface area contributed by atoms with Gasteiger partial charge in [-0.05, 0) is 35.9 Å². The summed E-state index contributed by atoms with van der Waals surface area (Å²) in [7, 11) is 1.54. The van der Waals surface area contributed by atoms with E-state index in [0.717, 1.165) is 0 Å². The lowest BCUT2D eigenvalue weighted by Gasteiger charge is -2.08. The number of carbonyl (C=O) groups is 2. The van der Waals surface area contributed by atoms with E-state index >= 15 is 0 Å². The number of methoxy groups -OCH3 is 1. The Bertz CT molecular complexity index is 753. The Balaban J connectivity index is 2.24. The molecule has 0 bridgehead atoms. The first kappa shape index (κ1) is 16.6. The van der Waals surface area contributed by atoms with Gasteiger partial charge < -0.3 is 15.2 Å². The van der Waals surface area contributed by atoms with E-state index in [2.05, 4.69) is 5.32 Å². The topological polar surface area (TPSA) is 75.6 Å². The molecule has 0 saturated carbocycles. The number of hydrogen-bond acceptors (Lipinski definition) is 3. The first-order valence-corrected chi connectivity index (χ1v) is 7.04. The molecule has 23 heavy (non-hydrogen) atoms. The van der Waals surface area contributed by atoms with Crippen molar-refractivity contribution >= 4 is 29.6 Å². The normalized spacial score (nSPS) is 11.0. The third-order valence-electron chi connectivity index (χ3n) is 3.02. The molecule has 0 saturated heterocycles. The van der Waals surface area contributed by atoms with Crippen LogP contribution >= 0.6 is 11.6 Å². The number of ether oxygens (including phenoxy) is 1. The Kier molecular flexibility index (Phi) is 5.38. The molecule has 118 valence electrons. The molecule has 0 atom stereocenters. The largest absolute Gasteiger partial charge is 0.497 e. The van der Waals surface area contributed by atoms with E-state index in [4.69, 9.17) is 16.3 Å². The van der Waals surface area contributed by atoms with E-state index in [-0.39, 0.29) is 16.3 Å². The van der Waals surface area contributed by atoms with Gasteiger partial charge in [-0.1, -0.05) is 35.9 Å². The summed E-state index contributed by atoms with van der Waals surface area (Å²) in [6, 6.07) is 13.2. The van der Waals surface area contributed by atoms with Gasteiger partial charge >= 0.3 is 5.97 Å². The maximum absolute atomic E-state index is 12.2. The number of rotatable bonds is 5. The highest BCUT2D eigenvalue weighted by Gasteiger charge is 2.15. The first-order valence-electron chi connectivity index (χ1n) is 6.66. The fraction of sp³-hybridized carbons (Fsp3) is 0.0588. The third-order valence-corrected chi connectivity index (χ3v) is 3.35. The van der Waals surface area contributed by atoms with Gasteiger partial charge in [0.1, 0.15) is 11.4 Å². The predicted molar refractivity (Wildman–Crippen MR) is 87.5 cm³/mol. The van der Waals surface area contributed by atoms with Gasteiger partial charge in [0.25, 0.3) is 5.91 Å². The molecule has 6 heteroatoms. The molecule has 2 rings (SSSR count). The molecule has 0 aliphatic heterocycles. The van der Waals surface area contributed by atoms with Crippen molar-refractivity contribution in [3.05, 3.63) is 70.4 Å². The highest BCUT2D eigenvalue weighted by Crippen LogP contribution is 2.16. The van der Waals surface area contributed by atoms with Crippen molar-refractivity contribution in [3.63, 3.8) is 0 Å². The fourth-order valence-corrected chi connectivity index (χ4v) is 2.07. The maximum atomic E-state index is 12.2. The van der Waals surface area contributed by atoms with Gasteiger partial charge in [0.05, 0.1) is 17.7 Å². The van der Waals surface area contributed by atoms with Gasteiger partial charge in [-0.25, -0.2) is 4.79 Å². The van der Waals surface area contributed by atoms with Crippen molar-refractivity contribution in [1.29, 1.82) is 0 Å². The molecular weight excluding hydrogens is 318 g/mol. The van der Waals surface area contributed by atoms with Gasteiger partial charge in [0.15, 0.2) is 0 Å². The van der Waals surface area contributed by atoms with Crippen LogP contribution in [0.1, 0.15) is 15.9 Å². The minimum Gasteiger partial charge on any atom is -0.497 e. The molecule has 2 N–H and O–H groups in total. The molecule has 0 aliphatic carbocycles. The van der Waals surface area contributed by atoms with E-state index in [1.807, 2.05) is 0 Å². The molecule has 0 spiro atoms. The van der Waals surface area contributed by atoms with Crippen molar-refractivity contribution < 1.29 is 19.4 Å². The van der Waals surface area contributed by atoms with Crippen LogP contribution in [0.5, 0.6) is 5.75 Å². The number of halogens is 1. The van der Waals surface area contributed by atoms with E-state index < -0.39 is 11.9 Å². The van der Waals surface area contributed by atoms with Crippen molar-refractivity contribution in [2.24, 2.45) is 0 Å². The second kappa shape index (κ2) is 7.47. The summed E-state index contributed by atoms with van der Waals surface area (Å²) in [5.41, 5.74) is 0.568. The minimum absolute atomic E-state index is 0.205. The van der Waals surface area contributed by atoms with Crippen molar-refractivity contribution in [2.75, 3.05) is 7.11 Å². The molecule has 0 heterocycles. The predicted octanol–water partition coefficient (Wildman–Crippen LogP) is 3.20. The highest BCUT2D eigenvalue weighted by molar-refractivity contribution is 6.34. The van der Waals surface area contributed by atoms with Crippen LogP contribution in [0.2, 0.25) is 5.02 Å². The Morgan fingerprint density at radius 2 is 1.78 bits per heavy atom. The van der Waals surface area contributed by atoms with Crippen LogP contribution in [0.15, 0.2) is 54.2 Å². The molecule has 2 aromatic carbocycles. The number of hydrogen-bond donors (Lipinski definition) is 2. The number of carboxylic acids is 1. The Morgan fingerprint density at radius 1 is 1.13 bits per heavy atom. The molecule has 2 aromatic rings. The van der Waals surface area contributed by atoms with Gasteiger partial charge in [-0.2, -0.15) is 0 Å². The van der Waals surface area contributed by atoms with Gasteiger partial charge in [0, 0.05) is 0 Å². The van der Waals surface area contributed by atoms with Gasteiger partial charge in [0.2, 0.25) is 0 Å². The number of carbonyl (C=O) groups excluding carboxylic acids is 1. The number of nitrogens with one attached hydrogen (secondary N) is 1. The lowest BCUT2D eigenvalue weighted by Crippen LogP contribution is -2.27. The molecule has 1 amide bonds. The van der Waals surface area contributed by atoms with Crippen LogP contribution in [-0.4, -0.2) is 24.1 Å². The Morgan fingerprint density at radius 3 is 2.35 bits per heavy atom. The highest BCUT2D eigenvalue weighted by atomic mass is 35.5. The lowest BCUT2D eigenvalue weighted by atomic mass is 10.1. The van der Waals surface area contributed by atoms with E-state index in [1.54, 1.807) is 42.5 Å². The third kappa shape index (κ3) is 4.34. The van der Waals surface area contributed by atoms with Crippen molar-refractivity contribution in [3.8, 4) is 5.75 Å². The number of carboxylic acid groups (broad SMARTS) is 1. The zero-order chi connectivity index (χ0) is 16.8. The second-order valence-electron chi connectivity index (χ2n) is 4.57. The van der Waals surface area contributed by atoms with E-state index in [9.17, 15) is 14.7 Å². The molecular formula is C17H14ClNO4. The summed E-state index contributed by atoms with van der Waals surface area (Å²) in [4.78, 5) is 23.5. The number of aliphatic carboxylic acids is 1. The number of benzene rings is 2. The summed E-state index contributed by atoms with van der Waals surface area (Å²) < 4.78 is 5.04. The molecule has 0 fully saturated rings. The quantitative estimate of drug-likeness (QED) is 0.825. The van der Waals surface area contributed by atoms with Crippen molar-refractivity contribution in [1.82, 2.24) is 5.32 Å². The van der Waals surface area contributed by atoms with Crippen LogP contribution in [-0.2, 0) is 4.79 Å². The fourth-order valence-electron chi connectivity index (χ4n) is 1.85. The Labute approximate surface area is 138 Å². The van der Waals surface area contributed by atoms with E-state index in [1.165, 1.54) is 19.3 Å². The maximum Gasteiger partial charge on any atom is 0.352 e. The summed E-state index contributed by atoms with van der Waals surface area (Å²) in [5, 5.41) is 11.9. The number of amides is 1. The van der Waals surface area contributed by atoms with Gasteiger partial charge in [-0.3, -0.25) is 4.79 Å². The van der Waals surface area contributed by atoms with E-state index in [0.29, 0.717) is 11.3 Å². The summed E-state index contributed by atoms with van der Waals surface area (Å²) in [6.45, 7) is 0. The van der Waals surface area contributed by atoms with Crippen LogP contribution in [0, 0.1) is 0 Å². The van der Waals surface area contributed by atoms with Crippen molar-refractivity contribution in [2.45, 2.75) is 0 Å². The van der Waals surface area contributed by atoms with Crippen LogP contribution in [0.3, 0.4) is 0 Å². The summed E-state index contributed by atoms with van der Waals surface area (Å²) >= 11 is 5.93. The van der Waals surface area contributed by atoms with Crippen LogP contribution in [0.25, 0.3) is 6.08 Å². The SMILES string of the molecule is COc1ccc(/C=C(\NC(=O)c2ccccc2Cl)C(=O)O)cc1. The minimum atomic E-state index is -1.25. The molecule has 0 aromatic heterocycles. The first-order chi connectivity index (χ1) is 11.0. The Hall–Kier alpha value is -2.79. The standard InChI is InChI=1S/C17H14ClNO4/c1-23-12-8-6-11(7-9-12)10-15(17(21)22)19-16(20)13-4-2-3-5-14(13)18/h2-10H,1H3,(H,19,20)(H,21,22)/b15-10-. The second-order valence-corrected chi connectivity index (χ2v) is 4.98. The average molecular weight is 332 g/mol. The van der Waals surface area contributed by atoms with Crippen LogP contribution in [0.4, 0.5) is 0 Å². The zero-order valence-electron chi connectivity index (χ0n) is 12.2.